The molecule has 0 aliphatic heterocycles. The van der Waals surface area contributed by atoms with Gasteiger partial charge in [0.1, 0.15) is 0 Å². The molecule has 0 atom stereocenters. The van der Waals surface area contributed by atoms with Crippen molar-refractivity contribution >= 4 is 20.4 Å². The molecule has 0 bridgehead atoms. The first-order chi connectivity index (χ1) is 2.41. The van der Waals surface area contributed by atoms with Gasteiger partial charge in [-0.05, 0) is 0 Å². The molecule has 0 amide bonds. The van der Waals surface area contributed by atoms with Gasteiger partial charge in [-0.25, -0.2) is 0 Å². The fraction of sp³-hybridized carbons (Fsp3) is 0. The third-order valence-electron chi connectivity index (χ3n) is 0. The summed E-state index contributed by atoms with van der Waals surface area (Å²) < 4.78 is 0. The summed E-state index contributed by atoms with van der Waals surface area (Å²) in [5.74, 6) is 8.00. The number of halogens is 2. The van der Waals surface area contributed by atoms with Gasteiger partial charge in [-0.2, -0.15) is 0 Å². The summed E-state index contributed by atoms with van der Waals surface area (Å²) in [7, 11) is 9.40. The Morgan fingerprint density at radius 3 is 1.33 bits per heavy atom. The van der Waals surface area contributed by atoms with Crippen molar-refractivity contribution in [2.45, 2.75) is 0 Å². The maximum absolute atomic E-state index is 4.70. The molecule has 0 aromatic rings. The Balaban J connectivity index is -0.0000000105. The quantitative estimate of drug-likeness (QED) is 0.245. The van der Waals surface area contributed by atoms with Crippen molar-refractivity contribution in [3.8, 4) is 0 Å². The summed E-state index contributed by atoms with van der Waals surface area (Å²) in [6.07, 6.45) is 0. The van der Waals surface area contributed by atoms with Gasteiger partial charge in [0.15, 0.2) is 0 Å². The molecule has 0 aliphatic carbocycles. The molecule has 6 heavy (non-hydrogen) atoms. The van der Waals surface area contributed by atoms with Crippen LogP contribution < -0.4 is 41.2 Å². The predicted molar refractivity (Wildman–Crippen MR) is 21.2 cm³/mol. The third kappa shape index (κ3) is 37.6. The fourth-order valence-electron chi connectivity index (χ4n) is 0. The molecule has 0 radical (unpaired) electrons. The van der Waals surface area contributed by atoms with E-state index in [9.17, 15) is 0 Å². The van der Waals surface area contributed by atoms with Crippen LogP contribution in [-0.2, 0) is 12.7 Å². The minimum Gasteiger partial charge on any atom is -1.00 e. The zero-order valence-electron chi connectivity index (χ0n) is 4.23. The van der Waals surface area contributed by atoms with E-state index in [1.54, 1.807) is 0 Å². The van der Waals surface area contributed by atoms with Gasteiger partial charge in [0.05, 0.1) is 0 Å². The maximum atomic E-state index is 4.70. The van der Waals surface area contributed by atoms with E-state index in [-0.39, 0.29) is 31.0 Å². The molecule has 0 unspecified atom stereocenters. The molecule has 0 aromatic heterocycles. The summed E-state index contributed by atoms with van der Waals surface area (Å²) in [6, 6.07) is 0. The molecule has 6 heteroatoms. The number of hydrogen-bond donors (Lipinski definition) is 2. The van der Waals surface area contributed by atoms with E-state index in [2.05, 4.69) is 11.7 Å². The van der Waals surface area contributed by atoms with Gasteiger partial charge in [0.25, 0.3) is 0 Å². The SMILES string of the molecule is NN.[Cl][Ni][Cl].[H-].[Na+]. The second kappa shape index (κ2) is 28.0. The van der Waals surface area contributed by atoms with Crippen LogP contribution in [0.25, 0.3) is 0 Å². The molecule has 0 aliphatic rings. The van der Waals surface area contributed by atoms with Crippen molar-refractivity contribution in [3.63, 3.8) is 0 Å². The first kappa shape index (κ1) is 15.7. The van der Waals surface area contributed by atoms with Gasteiger partial charge in [0.2, 0.25) is 0 Å². The molecule has 0 spiro atoms. The number of rotatable bonds is 0. The molecule has 0 heterocycles. The largest absolute Gasteiger partial charge is 1.00 e. The molecule has 0 rings (SSSR count). The van der Waals surface area contributed by atoms with Crippen LogP contribution in [0.15, 0.2) is 0 Å². The van der Waals surface area contributed by atoms with Crippen molar-refractivity contribution in [1.29, 1.82) is 0 Å². The van der Waals surface area contributed by atoms with Gasteiger partial charge in [-0.3, -0.25) is 11.7 Å². The zero-order valence-corrected chi connectivity index (χ0v) is 7.73. The smallest absolute Gasteiger partial charge is 1.00 e. The van der Waals surface area contributed by atoms with Crippen LogP contribution >= 0.6 is 20.4 Å². The molecule has 2 nitrogen and oxygen atoms in total. The van der Waals surface area contributed by atoms with E-state index in [0.29, 0.717) is 12.7 Å². The van der Waals surface area contributed by atoms with Crippen molar-refractivity contribution in [2.75, 3.05) is 0 Å². The van der Waals surface area contributed by atoms with E-state index in [1.165, 1.54) is 0 Å². The van der Waals surface area contributed by atoms with Crippen molar-refractivity contribution < 1.29 is 43.6 Å². The Bertz CT molecular complexity index is 15.7. The zero-order chi connectivity index (χ0) is 4.71. The first-order valence-corrected chi connectivity index (χ1v) is 3.29. The van der Waals surface area contributed by atoms with Crippen LogP contribution in [0.3, 0.4) is 0 Å². The van der Waals surface area contributed by atoms with Crippen LogP contribution in [0, 0.1) is 0 Å². The second-order valence-electron chi connectivity index (χ2n) is 0.0452. The molecule has 0 saturated carbocycles. The standard InChI is InChI=1S/2ClH.H4N2.Na.Ni.H/c;;1-2;;;/h2*1H;1-2H2;;;/q;;;+1;+2;-1/p-2. The van der Waals surface area contributed by atoms with Gasteiger partial charge in [-0.15, -0.1) is 0 Å². The van der Waals surface area contributed by atoms with Crippen molar-refractivity contribution in [2.24, 2.45) is 11.7 Å². The van der Waals surface area contributed by atoms with Crippen molar-refractivity contribution in [3.05, 3.63) is 0 Å². The number of nitrogens with two attached hydrogens (primary N) is 2. The Labute approximate surface area is 75.0 Å². The van der Waals surface area contributed by atoms with Crippen LogP contribution in [0.4, 0.5) is 0 Å². The Morgan fingerprint density at radius 2 is 1.33 bits per heavy atom. The summed E-state index contributed by atoms with van der Waals surface area (Å²) >= 11 is 0.569. The van der Waals surface area contributed by atoms with Gasteiger partial charge in [-0.1, -0.05) is 0 Å². The molecule has 0 fully saturated rings. The molecule has 0 saturated heterocycles. The molecular weight excluding hydrogens is 181 g/mol. The summed E-state index contributed by atoms with van der Waals surface area (Å²) in [5, 5.41) is 0. The number of hydrazine groups is 1. The Morgan fingerprint density at radius 1 is 1.33 bits per heavy atom. The van der Waals surface area contributed by atoms with Crippen LogP contribution in [0.2, 0.25) is 0 Å². The Hall–Kier alpha value is 1.99. The first-order valence-electron chi connectivity index (χ1n) is 0.572. The fourth-order valence-corrected chi connectivity index (χ4v) is 0. The van der Waals surface area contributed by atoms with Crippen LogP contribution in [0.5, 0.6) is 0 Å². The number of hydrogen-bond acceptors (Lipinski definition) is 2. The van der Waals surface area contributed by atoms with E-state index < -0.39 is 0 Å². The van der Waals surface area contributed by atoms with Gasteiger partial charge < -0.3 is 1.43 Å². The van der Waals surface area contributed by atoms with Crippen LogP contribution in [0.1, 0.15) is 1.43 Å². The third-order valence-corrected chi connectivity index (χ3v) is 0. The molecule has 40 valence electrons. The summed E-state index contributed by atoms with van der Waals surface area (Å²) in [5.41, 5.74) is 0. The average molecular weight is 186 g/mol. The van der Waals surface area contributed by atoms with E-state index >= 15 is 0 Å². The van der Waals surface area contributed by atoms with Gasteiger partial charge >= 0.3 is 62.6 Å². The van der Waals surface area contributed by atoms with E-state index in [4.69, 9.17) is 20.4 Å². The topological polar surface area (TPSA) is 52.0 Å². The molecular formula is H5Cl2N2NaNi. The van der Waals surface area contributed by atoms with E-state index in [1.807, 2.05) is 0 Å². The van der Waals surface area contributed by atoms with Crippen molar-refractivity contribution in [1.82, 2.24) is 0 Å². The minimum atomic E-state index is 0. The monoisotopic (exact) mass is 184 g/mol. The Kier molecular flexibility index (Phi) is 73.3. The maximum Gasteiger partial charge on any atom is 1.00 e. The molecule has 0 aromatic carbocycles. The predicted octanol–water partition coefficient (Wildman–Crippen LogP) is -2.69. The molecule has 4 N–H and O–H groups in total. The van der Waals surface area contributed by atoms with E-state index in [0.717, 1.165) is 0 Å². The summed E-state index contributed by atoms with van der Waals surface area (Å²) in [6.45, 7) is 0. The second-order valence-corrected chi connectivity index (χ2v) is 1.68. The normalized spacial score (nSPS) is 4.67. The van der Waals surface area contributed by atoms with Crippen LogP contribution in [-0.4, -0.2) is 0 Å². The van der Waals surface area contributed by atoms with Gasteiger partial charge in [0, 0.05) is 0 Å². The average Bonchev–Trinajstić information content (AvgIpc) is 1.46. The minimum absolute atomic E-state index is 0. The summed E-state index contributed by atoms with van der Waals surface area (Å²) in [4.78, 5) is 0.